The smallest absolute Gasteiger partial charge is 0.160 e. The van der Waals surface area contributed by atoms with Gasteiger partial charge >= 0.3 is 0 Å². The fourth-order valence-corrected chi connectivity index (χ4v) is 22.5. The molecule has 0 radical (unpaired) electrons. The quantitative estimate of drug-likeness (QED) is 0.0675. The molecule has 2 spiro atoms. The Hall–Kier alpha value is -4.28. The van der Waals surface area contributed by atoms with Crippen LogP contribution < -0.4 is 5.32 Å². The minimum atomic E-state index is -0.939. The number of carbonyl (C=O) groups is 2. The first-order valence-corrected chi connectivity index (χ1v) is 32.0. The van der Waals surface area contributed by atoms with Crippen LogP contribution in [0.4, 0.5) is 0 Å². The minimum Gasteiger partial charge on any atom is -0.392 e. The van der Waals surface area contributed by atoms with E-state index in [0.717, 1.165) is 72.8 Å². The highest BCUT2D eigenvalue weighted by atomic mass is 16.6. The van der Waals surface area contributed by atoms with Gasteiger partial charge in [0.05, 0.1) is 40.4 Å². The lowest BCUT2D eigenvalue weighted by atomic mass is 9.27. The zero-order valence-corrected chi connectivity index (χ0v) is 49.5. The van der Waals surface area contributed by atoms with E-state index in [1.165, 1.54) is 65.6 Å². The van der Waals surface area contributed by atoms with Crippen LogP contribution in [0.1, 0.15) is 208 Å². The molecule has 3 aliphatic heterocycles. The largest absolute Gasteiger partial charge is 0.392 e. The number of nitrogens with zero attached hydrogens (tertiary/aromatic N) is 1. The number of benzene rings is 1. The lowest BCUT2D eigenvalue weighted by Crippen LogP contribution is -2.74. The SMILES string of the molecule is CNCCC1(C)C(=O)C2c3cc[nH]c3C3CCC2(C3)C2(C)C1CCC13CC#CCC4Cc5c[nH]c6c(Cc7cc(C8CCCCC8)cc(C8(O)CCOCC8)c7)cn(c56)CC(C5=C(C(=O)CC51C)C4(C)CC(O)C1OC1(C)C)C(O)C32. The van der Waals surface area contributed by atoms with Crippen LogP contribution in [-0.2, 0) is 44.1 Å². The van der Waals surface area contributed by atoms with Gasteiger partial charge in [-0.05, 0) is 183 Å². The van der Waals surface area contributed by atoms with Gasteiger partial charge in [-0.1, -0.05) is 65.2 Å². The van der Waals surface area contributed by atoms with E-state index < -0.39 is 56.4 Å². The van der Waals surface area contributed by atoms with Gasteiger partial charge in [0.15, 0.2) is 5.78 Å². The van der Waals surface area contributed by atoms with Gasteiger partial charge in [-0.3, -0.25) is 9.59 Å². The summed E-state index contributed by atoms with van der Waals surface area (Å²) >= 11 is 0. The Kier molecular flexibility index (Phi) is 12.0. The summed E-state index contributed by atoms with van der Waals surface area (Å²) in [5.41, 5.74) is 7.63. The highest BCUT2D eigenvalue weighted by Crippen LogP contribution is 2.84. The van der Waals surface area contributed by atoms with E-state index in [-0.39, 0.29) is 41.0 Å². The van der Waals surface area contributed by atoms with E-state index in [0.29, 0.717) is 88.7 Å². The summed E-state index contributed by atoms with van der Waals surface area (Å²) in [6.07, 6.45) is 20.4. The van der Waals surface area contributed by atoms with Crippen LogP contribution in [-0.4, -0.2) is 92.1 Å². The maximum atomic E-state index is 16.3. The van der Waals surface area contributed by atoms with Crippen molar-refractivity contribution < 1.29 is 34.4 Å². The number of carbonyl (C=O) groups excluding carboxylic acids is 2. The van der Waals surface area contributed by atoms with Crippen molar-refractivity contribution in [1.29, 1.82) is 0 Å². The number of aliphatic hydroxyl groups excluding tert-OH is 2. The number of ether oxygens (including phenoxy) is 2. The van der Waals surface area contributed by atoms with Gasteiger partial charge in [-0.2, -0.15) is 0 Å². The number of fused-ring (bicyclic) bond motifs is 7. The van der Waals surface area contributed by atoms with E-state index >= 15 is 9.59 Å². The summed E-state index contributed by atoms with van der Waals surface area (Å²) in [5.74, 6) is 8.07. The molecule has 15 rings (SSSR count). The number of H-pyrrole nitrogens is 2. The summed E-state index contributed by atoms with van der Waals surface area (Å²) < 4.78 is 14.5. The van der Waals surface area contributed by atoms with Crippen LogP contribution in [0.3, 0.4) is 0 Å². The summed E-state index contributed by atoms with van der Waals surface area (Å²) in [6, 6.07) is 9.27. The van der Waals surface area contributed by atoms with Gasteiger partial charge < -0.3 is 44.6 Å². The first-order chi connectivity index (χ1) is 38.8. The fraction of sp³-hybridized carbons (Fsp3) is 0.686. The predicted octanol–water partition coefficient (Wildman–Crippen LogP) is 11.4. The first-order valence-electron chi connectivity index (χ1n) is 32.0. The highest BCUT2D eigenvalue weighted by molar-refractivity contribution is 6.02. The van der Waals surface area contributed by atoms with Crippen molar-refractivity contribution in [2.75, 3.05) is 26.8 Å². The number of hydrogen-bond donors (Lipinski definition) is 6. The maximum Gasteiger partial charge on any atom is 0.160 e. The van der Waals surface area contributed by atoms with E-state index in [1.54, 1.807) is 0 Å². The second-order valence-electron chi connectivity index (χ2n) is 30.3. The molecule has 11 aliphatic rings. The van der Waals surface area contributed by atoms with Crippen molar-refractivity contribution in [3.63, 3.8) is 0 Å². The third-order valence-electron chi connectivity index (χ3n) is 26.4. The van der Waals surface area contributed by atoms with Gasteiger partial charge in [0.2, 0.25) is 0 Å². The average molecular weight is 1100 g/mol. The van der Waals surface area contributed by atoms with Crippen molar-refractivity contribution >= 4 is 22.6 Å². The summed E-state index contributed by atoms with van der Waals surface area (Å²) in [6.45, 7) is 16.0. The van der Waals surface area contributed by atoms with Crippen molar-refractivity contribution in [1.82, 2.24) is 19.9 Å². The third-order valence-corrected chi connectivity index (χ3v) is 26.4. The molecular formula is C70H90N4O7. The zero-order valence-electron chi connectivity index (χ0n) is 49.5. The molecule has 8 aliphatic carbocycles. The number of rotatable bonds is 10. The first kappa shape index (κ1) is 53.4. The molecule has 7 fully saturated rings. The van der Waals surface area contributed by atoms with Crippen molar-refractivity contribution in [2.45, 2.75) is 217 Å². The van der Waals surface area contributed by atoms with Gasteiger partial charge in [0.1, 0.15) is 11.9 Å². The van der Waals surface area contributed by atoms with Crippen LogP contribution in [0, 0.1) is 68.0 Å². The zero-order chi connectivity index (χ0) is 56.0. The molecule has 0 amide bonds. The Morgan fingerprint density at radius 1 is 0.914 bits per heavy atom. The van der Waals surface area contributed by atoms with E-state index in [1.807, 2.05) is 7.05 Å². The molecule has 81 heavy (non-hydrogen) atoms. The second-order valence-corrected chi connectivity index (χ2v) is 30.3. The third kappa shape index (κ3) is 7.16. The summed E-state index contributed by atoms with van der Waals surface area (Å²) in [7, 11) is 2.00. The lowest BCUT2D eigenvalue weighted by molar-refractivity contribution is -0.270. The number of aromatic amines is 2. The van der Waals surface area contributed by atoms with Gasteiger partial charge in [0.25, 0.3) is 0 Å². The number of ketones is 2. The maximum absolute atomic E-state index is 16.3. The van der Waals surface area contributed by atoms with E-state index in [4.69, 9.17) is 9.47 Å². The number of aliphatic hydroxyl groups is 3. The van der Waals surface area contributed by atoms with Gasteiger partial charge in [-0.15, -0.1) is 11.8 Å². The molecule has 11 heteroatoms. The van der Waals surface area contributed by atoms with Crippen LogP contribution in [0.25, 0.3) is 11.0 Å². The number of hydrogen-bond acceptors (Lipinski definition) is 8. The highest BCUT2D eigenvalue weighted by Gasteiger charge is 2.81. The Morgan fingerprint density at radius 3 is 2.46 bits per heavy atom. The number of allylic oxidation sites excluding steroid dienone is 1. The van der Waals surface area contributed by atoms with Crippen LogP contribution in [0.15, 0.2) is 54.0 Å². The molecule has 15 unspecified atom stereocenters. The molecule has 2 saturated heterocycles. The number of aromatic nitrogens is 3. The number of Topliss-reactive ketones (excluding diaryl/α,β-unsaturated/α-hetero) is 2. The molecular weight excluding hydrogens is 1010 g/mol. The lowest BCUT2D eigenvalue weighted by Gasteiger charge is -2.76. The predicted molar refractivity (Wildman–Crippen MR) is 312 cm³/mol. The standard InChI is InChI=1S/C70H90N4O7/c1-63(2)62(81-63)51(76)35-65(4)46-15-11-12-19-68-21-17-52-64(3,22-26-71-7)61(78)54-48-18-25-72-56(48)42-16-20-69(54,34-42)67(52,6)60(68)59(77)49(53-55(65)50(75)36-66(53,68)5)39-74-38-45(57-58(74)44(33-46)37-73-57)30-40-29-43(41-13-9-8-10-14-41)32-47(31-40)70(79)23-27-80-28-24-70/h18,25,29,31-32,37-38,41-42,46,49,51-52,54,59-60,62,71-73,76-77,79H,8-10,13-17,19-24,26-28,30,33-36,39H2,1-7H3. The fourth-order valence-electron chi connectivity index (χ4n) is 22.5. The van der Waals surface area contributed by atoms with Crippen molar-refractivity contribution in [3.8, 4) is 11.8 Å². The number of nitrogens with one attached hydrogen (secondary N) is 3. The Morgan fingerprint density at radius 2 is 1.69 bits per heavy atom. The molecule has 6 N–H and O–H groups in total. The molecule has 1 aromatic carbocycles. The average Bonchev–Trinajstić information content (AvgIpc) is 1.75. The van der Waals surface area contributed by atoms with Crippen LogP contribution in [0.5, 0.6) is 0 Å². The van der Waals surface area contributed by atoms with Gasteiger partial charge in [-0.25, -0.2) is 0 Å². The normalized spacial score (nSPS) is 41.1. The van der Waals surface area contributed by atoms with Crippen LogP contribution in [0.2, 0.25) is 0 Å². The molecule has 5 saturated carbocycles. The topological polar surface area (TPSA) is 165 Å². The van der Waals surface area contributed by atoms with Gasteiger partial charge in [0, 0.05) is 110 Å². The van der Waals surface area contributed by atoms with E-state index in [9.17, 15) is 15.3 Å². The molecule has 15 atom stereocenters. The molecule has 4 aromatic rings. The second kappa shape index (κ2) is 18.1. The minimum absolute atomic E-state index is 0.0153. The Labute approximate surface area is 479 Å². The van der Waals surface area contributed by atoms with Crippen LogP contribution >= 0.6 is 0 Å². The summed E-state index contributed by atoms with van der Waals surface area (Å²) in [4.78, 5) is 39.9. The molecule has 6 heterocycles. The molecule has 3 aromatic heterocycles. The van der Waals surface area contributed by atoms with Crippen molar-refractivity contribution in [3.05, 3.63) is 93.1 Å². The Bertz CT molecular complexity index is 3350. The summed E-state index contributed by atoms with van der Waals surface area (Å²) in [5, 5.41) is 43.2. The monoisotopic (exact) mass is 1100 g/mol. The number of epoxide rings is 1. The Balaban J connectivity index is 0.943. The molecule has 432 valence electrons. The molecule has 7 bridgehead atoms. The molecule has 11 nitrogen and oxygen atoms in total. The van der Waals surface area contributed by atoms with Crippen molar-refractivity contribution in [2.24, 2.45) is 56.2 Å². The van der Waals surface area contributed by atoms with E-state index in [2.05, 4.69) is 116 Å².